The van der Waals surface area contributed by atoms with Crippen molar-refractivity contribution in [2.75, 3.05) is 18.9 Å². The molecule has 156 valence electrons. The summed E-state index contributed by atoms with van der Waals surface area (Å²) in [6.45, 7) is -0.188. The third kappa shape index (κ3) is 4.53. The summed E-state index contributed by atoms with van der Waals surface area (Å²) in [6, 6.07) is 19.7. The van der Waals surface area contributed by atoms with Gasteiger partial charge < -0.3 is 14.6 Å². The molecule has 0 aliphatic rings. The van der Waals surface area contributed by atoms with E-state index in [1.807, 2.05) is 30.3 Å². The van der Waals surface area contributed by atoms with Gasteiger partial charge in [-0.15, -0.1) is 0 Å². The van der Waals surface area contributed by atoms with Crippen molar-refractivity contribution in [3.05, 3.63) is 90.6 Å². The van der Waals surface area contributed by atoms with E-state index in [4.69, 9.17) is 4.42 Å². The molecule has 0 radical (unpaired) electrons. The number of hydrogen-bond acceptors (Lipinski definition) is 4. The molecule has 8 heteroatoms. The molecule has 0 saturated carbocycles. The number of furan rings is 1. The van der Waals surface area contributed by atoms with Crippen LogP contribution in [0.2, 0.25) is 0 Å². The molecule has 0 aliphatic heterocycles. The fourth-order valence-corrected chi connectivity index (χ4v) is 3.06. The van der Waals surface area contributed by atoms with Gasteiger partial charge in [-0.25, -0.2) is 9.07 Å². The second-order valence-corrected chi connectivity index (χ2v) is 6.86. The van der Waals surface area contributed by atoms with Crippen molar-refractivity contribution >= 4 is 17.5 Å². The van der Waals surface area contributed by atoms with Gasteiger partial charge in [0.15, 0.2) is 5.76 Å². The van der Waals surface area contributed by atoms with Crippen LogP contribution in [0, 0.1) is 5.82 Å². The number of aromatic nitrogens is 2. The number of nitrogens with one attached hydrogen (secondary N) is 1. The van der Waals surface area contributed by atoms with Crippen molar-refractivity contribution in [2.24, 2.45) is 0 Å². The smallest absolute Gasteiger partial charge is 0.272 e. The van der Waals surface area contributed by atoms with Gasteiger partial charge >= 0.3 is 0 Å². The summed E-state index contributed by atoms with van der Waals surface area (Å²) in [5, 5.41) is 7.16. The molecule has 0 spiro atoms. The molecule has 0 aliphatic carbocycles. The van der Waals surface area contributed by atoms with Crippen LogP contribution in [0.15, 0.2) is 83.5 Å². The highest BCUT2D eigenvalue weighted by atomic mass is 19.1. The number of para-hydroxylation sites is 1. The fourth-order valence-electron chi connectivity index (χ4n) is 3.06. The van der Waals surface area contributed by atoms with Gasteiger partial charge in [-0.3, -0.25) is 9.59 Å². The van der Waals surface area contributed by atoms with Gasteiger partial charge in [0.1, 0.15) is 17.2 Å². The molecule has 2 aromatic carbocycles. The van der Waals surface area contributed by atoms with Crippen LogP contribution >= 0.6 is 0 Å². The van der Waals surface area contributed by atoms with Crippen molar-refractivity contribution in [3.8, 4) is 17.1 Å². The first-order chi connectivity index (χ1) is 15.0. The van der Waals surface area contributed by atoms with Crippen LogP contribution in [0.3, 0.4) is 0 Å². The van der Waals surface area contributed by atoms with E-state index >= 15 is 0 Å². The van der Waals surface area contributed by atoms with Gasteiger partial charge in [0, 0.05) is 18.8 Å². The Hall–Kier alpha value is -4.20. The van der Waals surface area contributed by atoms with Gasteiger partial charge in [-0.2, -0.15) is 5.10 Å². The number of nitrogens with zero attached hydrogens (tertiary/aromatic N) is 3. The molecule has 4 rings (SSSR count). The number of anilines is 1. The minimum absolute atomic E-state index is 0.188. The van der Waals surface area contributed by atoms with Crippen molar-refractivity contribution in [3.63, 3.8) is 0 Å². The number of hydrogen-bond donors (Lipinski definition) is 1. The number of carbonyl (C=O) groups excluding carboxylic acids is 2. The van der Waals surface area contributed by atoms with Crippen LogP contribution in [-0.2, 0) is 4.79 Å². The van der Waals surface area contributed by atoms with E-state index in [1.54, 1.807) is 18.2 Å². The van der Waals surface area contributed by atoms with Crippen LogP contribution in [0.1, 0.15) is 10.5 Å². The first-order valence-electron chi connectivity index (χ1n) is 9.51. The molecule has 2 aromatic heterocycles. The Morgan fingerprint density at radius 2 is 1.81 bits per heavy atom. The lowest BCUT2D eigenvalue weighted by atomic mass is 10.2. The third-order valence-electron chi connectivity index (χ3n) is 4.56. The van der Waals surface area contributed by atoms with E-state index in [9.17, 15) is 14.0 Å². The van der Waals surface area contributed by atoms with Crippen molar-refractivity contribution in [1.29, 1.82) is 0 Å². The first-order valence-corrected chi connectivity index (χ1v) is 9.51. The number of rotatable bonds is 6. The summed E-state index contributed by atoms with van der Waals surface area (Å²) in [5.41, 5.74) is 1.94. The van der Waals surface area contributed by atoms with Crippen LogP contribution in [0.4, 0.5) is 10.1 Å². The molecule has 4 aromatic rings. The fraction of sp³-hybridized carbons (Fsp3) is 0.0870. The average molecular weight is 418 g/mol. The number of carbonyl (C=O) groups is 2. The highest BCUT2D eigenvalue weighted by Gasteiger charge is 2.23. The van der Waals surface area contributed by atoms with Crippen LogP contribution < -0.4 is 5.32 Å². The third-order valence-corrected chi connectivity index (χ3v) is 4.56. The van der Waals surface area contributed by atoms with Gasteiger partial charge in [0.2, 0.25) is 5.91 Å². The standard InChI is InChI=1S/C23H19FN4O3/c1-27(15-22(29)25-17-11-9-16(24)10-12-17)23(30)20-14-19(21-8-5-13-31-21)26-28(20)18-6-3-2-4-7-18/h2-14H,15H2,1H3,(H,25,29). The zero-order valence-corrected chi connectivity index (χ0v) is 16.7. The zero-order chi connectivity index (χ0) is 21.8. The maximum absolute atomic E-state index is 13.2. The van der Waals surface area contributed by atoms with Crippen molar-refractivity contribution < 1.29 is 18.4 Å². The Kier molecular flexibility index (Phi) is 5.61. The molecular formula is C23H19FN4O3. The molecule has 2 heterocycles. The number of likely N-dealkylation sites (N-methyl/N-ethyl adjacent to an activating group) is 1. The van der Waals surface area contributed by atoms with Crippen LogP contribution in [0.5, 0.6) is 0 Å². The zero-order valence-electron chi connectivity index (χ0n) is 16.7. The second-order valence-electron chi connectivity index (χ2n) is 6.86. The quantitative estimate of drug-likeness (QED) is 0.514. The number of halogens is 1. The largest absolute Gasteiger partial charge is 0.463 e. The molecule has 2 amide bonds. The predicted molar refractivity (Wildman–Crippen MR) is 113 cm³/mol. The highest BCUT2D eigenvalue weighted by molar-refractivity contribution is 5.99. The number of benzene rings is 2. The Morgan fingerprint density at radius 3 is 2.48 bits per heavy atom. The lowest BCUT2D eigenvalue weighted by Gasteiger charge is -2.17. The van der Waals surface area contributed by atoms with Crippen LogP contribution in [0.25, 0.3) is 17.1 Å². The molecule has 1 N–H and O–H groups in total. The Balaban J connectivity index is 1.56. The summed E-state index contributed by atoms with van der Waals surface area (Å²) in [5.74, 6) is -0.657. The van der Waals surface area contributed by atoms with Gasteiger partial charge in [0.05, 0.1) is 18.5 Å². The van der Waals surface area contributed by atoms with E-state index < -0.39 is 11.7 Å². The molecule has 0 unspecified atom stereocenters. The van der Waals surface area contributed by atoms with E-state index in [1.165, 1.54) is 47.2 Å². The topological polar surface area (TPSA) is 80.4 Å². The average Bonchev–Trinajstić information content (AvgIpc) is 3.45. The lowest BCUT2D eigenvalue weighted by Crippen LogP contribution is -2.35. The molecule has 0 bridgehead atoms. The summed E-state index contributed by atoms with van der Waals surface area (Å²) in [4.78, 5) is 26.8. The Bertz CT molecular complexity index is 1190. The summed E-state index contributed by atoms with van der Waals surface area (Å²) in [7, 11) is 1.53. The highest BCUT2D eigenvalue weighted by Crippen LogP contribution is 2.23. The predicted octanol–water partition coefficient (Wildman–Crippen LogP) is 3.98. The molecule has 31 heavy (non-hydrogen) atoms. The minimum atomic E-state index is -0.403. The van der Waals surface area contributed by atoms with E-state index in [2.05, 4.69) is 10.4 Å². The second kappa shape index (κ2) is 8.66. The van der Waals surface area contributed by atoms with E-state index in [-0.39, 0.29) is 18.1 Å². The summed E-state index contributed by atoms with van der Waals surface area (Å²) in [6.07, 6.45) is 1.53. The summed E-state index contributed by atoms with van der Waals surface area (Å²) < 4.78 is 20.0. The molecule has 0 atom stereocenters. The van der Waals surface area contributed by atoms with E-state index in [0.29, 0.717) is 22.8 Å². The van der Waals surface area contributed by atoms with Crippen molar-refractivity contribution in [2.45, 2.75) is 0 Å². The van der Waals surface area contributed by atoms with Gasteiger partial charge in [-0.05, 0) is 48.5 Å². The van der Waals surface area contributed by atoms with Gasteiger partial charge in [-0.1, -0.05) is 18.2 Å². The van der Waals surface area contributed by atoms with Gasteiger partial charge in [0.25, 0.3) is 5.91 Å². The molecule has 7 nitrogen and oxygen atoms in total. The first kappa shape index (κ1) is 20.1. The Morgan fingerprint density at radius 1 is 1.06 bits per heavy atom. The minimum Gasteiger partial charge on any atom is -0.463 e. The normalized spacial score (nSPS) is 10.6. The molecule has 0 saturated heterocycles. The maximum Gasteiger partial charge on any atom is 0.272 e. The number of amides is 2. The Labute approximate surface area is 177 Å². The van der Waals surface area contributed by atoms with E-state index in [0.717, 1.165) is 0 Å². The molecule has 0 fully saturated rings. The van der Waals surface area contributed by atoms with Crippen molar-refractivity contribution in [1.82, 2.24) is 14.7 Å². The molecular weight excluding hydrogens is 399 g/mol. The monoisotopic (exact) mass is 418 g/mol. The maximum atomic E-state index is 13.2. The van der Waals surface area contributed by atoms with Crippen LogP contribution in [-0.4, -0.2) is 40.1 Å². The summed E-state index contributed by atoms with van der Waals surface area (Å²) >= 11 is 0. The SMILES string of the molecule is CN(CC(=O)Nc1ccc(F)cc1)C(=O)c1cc(-c2ccco2)nn1-c1ccccc1. The lowest BCUT2D eigenvalue weighted by molar-refractivity contribution is -0.116.